The molecule has 1 unspecified atom stereocenters. The lowest BCUT2D eigenvalue weighted by Crippen LogP contribution is -2.38. The molecule has 0 saturated heterocycles. The quantitative estimate of drug-likeness (QED) is 0.806. The summed E-state index contributed by atoms with van der Waals surface area (Å²) in [4.78, 5) is 4.46. The van der Waals surface area contributed by atoms with Crippen molar-refractivity contribution in [1.29, 1.82) is 0 Å². The van der Waals surface area contributed by atoms with E-state index < -0.39 is 0 Å². The van der Waals surface area contributed by atoms with Gasteiger partial charge in [0, 0.05) is 31.4 Å². The van der Waals surface area contributed by atoms with Crippen LogP contribution in [0.2, 0.25) is 0 Å². The summed E-state index contributed by atoms with van der Waals surface area (Å²) in [6.45, 7) is 10.2. The van der Waals surface area contributed by atoms with Gasteiger partial charge in [-0.2, -0.15) is 0 Å². The Morgan fingerprint density at radius 2 is 2.11 bits per heavy atom. The van der Waals surface area contributed by atoms with Crippen molar-refractivity contribution in [3.63, 3.8) is 0 Å². The minimum atomic E-state index is 0.327. The predicted octanol–water partition coefficient (Wildman–Crippen LogP) is 3.25. The van der Waals surface area contributed by atoms with Crippen molar-refractivity contribution in [1.82, 2.24) is 14.9 Å². The third-order valence-electron chi connectivity index (χ3n) is 3.55. The molecular formula is C15H29N3. The van der Waals surface area contributed by atoms with Crippen LogP contribution in [0.5, 0.6) is 0 Å². The van der Waals surface area contributed by atoms with Crippen molar-refractivity contribution in [2.45, 2.75) is 66.0 Å². The number of aryl methyl sites for hydroxylation is 2. The monoisotopic (exact) mass is 251 g/mol. The van der Waals surface area contributed by atoms with Crippen molar-refractivity contribution < 1.29 is 0 Å². The number of aromatic nitrogens is 2. The van der Waals surface area contributed by atoms with E-state index in [4.69, 9.17) is 0 Å². The van der Waals surface area contributed by atoms with Crippen LogP contribution in [0, 0.1) is 5.41 Å². The Balaban J connectivity index is 2.43. The van der Waals surface area contributed by atoms with Crippen LogP contribution in [-0.4, -0.2) is 22.6 Å². The maximum Gasteiger partial charge on any atom is 0.108 e. The van der Waals surface area contributed by atoms with Crippen LogP contribution in [0.25, 0.3) is 0 Å². The molecule has 0 aliphatic carbocycles. The molecule has 0 amide bonds. The Bertz CT molecular complexity index is 336. The van der Waals surface area contributed by atoms with Crippen LogP contribution in [0.1, 0.15) is 52.8 Å². The van der Waals surface area contributed by atoms with E-state index >= 15 is 0 Å². The zero-order chi connectivity index (χ0) is 13.6. The number of imidazole rings is 1. The molecular weight excluding hydrogens is 222 g/mol. The zero-order valence-corrected chi connectivity index (χ0v) is 12.7. The Labute approximate surface area is 112 Å². The van der Waals surface area contributed by atoms with Crippen molar-refractivity contribution >= 4 is 0 Å². The topological polar surface area (TPSA) is 29.9 Å². The molecule has 1 aromatic heterocycles. The zero-order valence-electron chi connectivity index (χ0n) is 12.7. The molecule has 3 heteroatoms. The van der Waals surface area contributed by atoms with E-state index in [0.717, 1.165) is 13.0 Å². The fraction of sp³-hybridized carbons (Fsp3) is 0.800. The number of hydrogen-bond donors (Lipinski definition) is 1. The third kappa shape index (κ3) is 4.45. The Kier molecular flexibility index (Phi) is 5.86. The smallest absolute Gasteiger partial charge is 0.108 e. The SMILES string of the molecule is CCCn1ccnc1CCCC(NC)C(C)(C)C. The summed E-state index contributed by atoms with van der Waals surface area (Å²) in [6.07, 6.45) is 8.68. The Hall–Kier alpha value is -0.830. The third-order valence-corrected chi connectivity index (χ3v) is 3.55. The van der Waals surface area contributed by atoms with Crippen LogP contribution in [0.15, 0.2) is 12.4 Å². The number of nitrogens with zero attached hydrogens (tertiary/aromatic N) is 2. The molecule has 0 fully saturated rings. The largest absolute Gasteiger partial charge is 0.335 e. The van der Waals surface area contributed by atoms with E-state index in [2.05, 4.69) is 55.8 Å². The minimum Gasteiger partial charge on any atom is -0.335 e. The highest BCUT2D eigenvalue weighted by Crippen LogP contribution is 2.23. The molecule has 0 radical (unpaired) electrons. The van der Waals surface area contributed by atoms with Crippen LogP contribution in [0.4, 0.5) is 0 Å². The summed E-state index contributed by atoms with van der Waals surface area (Å²) in [6, 6.07) is 0.576. The van der Waals surface area contributed by atoms with Crippen molar-refractivity contribution in [2.75, 3.05) is 7.05 Å². The lowest BCUT2D eigenvalue weighted by Gasteiger charge is -2.30. The summed E-state index contributed by atoms with van der Waals surface area (Å²) in [7, 11) is 2.06. The van der Waals surface area contributed by atoms with E-state index in [1.165, 1.54) is 25.1 Å². The molecule has 0 aliphatic rings. The van der Waals surface area contributed by atoms with Gasteiger partial charge in [0.25, 0.3) is 0 Å². The predicted molar refractivity (Wildman–Crippen MR) is 77.8 cm³/mol. The van der Waals surface area contributed by atoms with E-state index in [9.17, 15) is 0 Å². The van der Waals surface area contributed by atoms with E-state index in [1.807, 2.05) is 6.20 Å². The molecule has 1 aromatic rings. The van der Waals surface area contributed by atoms with Gasteiger partial charge in [-0.15, -0.1) is 0 Å². The number of rotatable bonds is 7. The molecule has 1 atom stereocenters. The van der Waals surface area contributed by atoms with Gasteiger partial charge < -0.3 is 9.88 Å². The first-order valence-electron chi connectivity index (χ1n) is 7.16. The molecule has 0 aliphatic heterocycles. The van der Waals surface area contributed by atoms with E-state index in [-0.39, 0.29) is 0 Å². The van der Waals surface area contributed by atoms with Gasteiger partial charge in [-0.3, -0.25) is 0 Å². The highest BCUT2D eigenvalue weighted by Gasteiger charge is 2.22. The lowest BCUT2D eigenvalue weighted by atomic mass is 9.84. The molecule has 0 spiro atoms. The molecule has 0 aromatic carbocycles. The van der Waals surface area contributed by atoms with Crippen LogP contribution in [-0.2, 0) is 13.0 Å². The van der Waals surface area contributed by atoms with Gasteiger partial charge in [0.1, 0.15) is 5.82 Å². The van der Waals surface area contributed by atoms with Crippen LogP contribution >= 0.6 is 0 Å². The fourth-order valence-electron chi connectivity index (χ4n) is 2.49. The van der Waals surface area contributed by atoms with Crippen LogP contribution < -0.4 is 5.32 Å². The van der Waals surface area contributed by atoms with Gasteiger partial charge in [0.15, 0.2) is 0 Å². The standard InChI is InChI=1S/C15H29N3/c1-6-11-18-12-10-17-14(18)9-7-8-13(16-5)15(2,3)4/h10,12-13,16H,6-9,11H2,1-5H3. The molecule has 104 valence electrons. The van der Waals surface area contributed by atoms with Gasteiger partial charge in [-0.25, -0.2) is 4.98 Å². The van der Waals surface area contributed by atoms with E-state index in [1.54, 1.807) is 0 Å². The Morgan fingerprint density at radius 1 is 1.39 bits per heavy atom. The van der Waals surface area contributed by atoms with Crippen molar-refractivity contribution in [3.05, 3.63) is 18.2 Å². The fourth-order valence-corrected chi connectivity index (χ4v) is 2.49. The highest BCUT2D eigenvalue weighted by molar-refractivity contribution is 4.93. The van der Waals surface area contributed by atoms with Gasteiger partial charge in [0.05, 0.1) is 0 Å². The normalized spacial score (nSPS) is 13.8. The molecule has 18 heavy (non-hydrogen) atoms. The summed E-state index contributed by atoms with van der Waals surface area (Å²) in [5.41, 5.74) is 0.327. The number of nitrogens with one attached hydrogen (secondary N) is 1. The second-order valence-electron chi connectivity index (χ2n) is 6.14. The lowest BCUT2D eigenvalue weighted by molar-refractivity contribution is 0.263. The molecule has 1 N–H and O–H groups in total. The minimum absolute atomic E-state index is 0.327. The van der Waals surface area contributed by atoms with Crippen molar-refractivity contribution in [3.8, 4) is 0 Å². The van der Waals surface area contributed by atoms with Gasteiger partial charge in [-0.1, -0.05) is 27.7 Å². The molecule has 1 heterocycles. The average molecular weight is 251 g/mol. The summed E-state index contributed by atoms with van der Waals surface area (Å²) in [5, 5.41) is 3.43. The van der Waals surface area contributed by atoms with Crippen LogP contribution in [0.3, 0.4) is 0 Å². The molecule has 0 saturated carbocycles. The highest BCUT2D eigenvalue weighted by atomic mass is 15.1. The second kappa shape index (κ2) is 6.93. The van der Waals surface area contributed by atoms with Crippen molar-refractivity contribution in [2.24, 2.45) is 5.41 Å². The molecule has 0 bridgehead atoms. The van der Waals surface area contributed by atoms with Gasteiger partial charge in [-0.05, 0) is 31.7 Å². The summed E-state index contributed by atoms with van der Waals surface area (Å²) < 4.78 is 2.28. The molecule has 1 rings (SSSR count). The summed E-state index contributed by atoms with van der Waals surface area (Å²) >= 11 is 0. The first-order chi connectivity index (χ1) is 8.49. The van der Waals surface area contributed by atoms with Gasteiger partial charge in [0.2, 0.25) is 0 Å². The maximum atomic E-state index is 4.46. The van der Waals surface area contributed by atoms with Gasteiger partial charge >= 0.3 is 0 Å². The average Bonchev–Trinajstić information content (AvgIpc) is 2.71. The second-order valence-corrected chi connectivity index (χ2v) is 6.14. The number of hydrogen-bond acceptors (Lipinski definition) is 2. The first-order valence-corrected chi connectivity index (χ1v) is 7.16. The van der Waals surface area contributed by atoms with E-state index in [0.29, 0.717) is 11.5 Å². The maximum absolute atomic E-state index is 4.46. The Morgan fingerprint density at radius 3 is 2.67 bits per heavy atom. The summed E-state index contributed by atoms with van der Waals surface area (Å²) in [5.74, 6) is 1.24. The first kappa shape index (κ1) is 15.2. The molecule has 3 nitrogen and oxygen atoms in total.